The summed E-state index contributed by atoms with van der Waals surface area (Å²) in [6.07, 6.45) is 1.77. The Balaban J connectivity index is 2.04. The van der Waals surface area contributed by atoms with Crippen molar-refractivity contribution in [2.45, 2.75) is 0 Å². The molecule has 1 aromatic heterocycles. The molecule has 1 fully saturated rings. The molecule has 0 unspecified atom stereocenters. The Bertz CT molecular complexity index is 565. The monoisotopic (exact) mass is 257 g/mol. The van der Waals surface area contributed by atoms with Gasteiger partial charge in [-0.05, 0) is 18.2 Å². The molecule has 1 N–H and O–H groups in total. The van der Waals surface area contributed by atoms with E-state index in [-0.39, 0.29) is 5.82 Å². The molecule has 0 bridgehead atoms. The number of piperazine rings is 1. The van der Waals surface area contributed by atoms with E-state index >= 15 is 0 Å². The lowest BCUT2D eigenvalue weighted by Gasteiger charge is -2.30. The van der Waals surface area contributed by atoms with Gasteiger partial charge in [0.05, 0.1) is 0 Å². The van der Waals surface area contributed by atoms with Crippen LogP contribution in [0.1, 0.15) is 0 Å². The fourth-order valence-corrected chi connectivity index (χ4v) is 2.42. The molecule has 1 saturated heterocycles. The SMILES string of the molecule is Fc1ccccc1-c1cccnc1N1CCNCC1. The van der Waals surface area contributed by atoms with E-state index in [2.05, 4.69) is 15.2 Å². The number of hydrogen-bond acceptors (Lipinski definition) is 3. The van der Waals surface area contributed by atoms with Crippen molar-refractivity contribution >= 4 is 5.82 Å². The van der Waals surface area contributed by atoms with Crippen LogP contribution in [0.3, 0.4) is 0 Å². The van der Waals surface area contributed by atoms with Gasteiger partial charge in [-0.25, -0.2) is 9.37 Å². The zero-order chi connectivity index (χ0) is 13.1. The molecule has 2 heterocycles. The van der Waals surface area contributed by atoms with Crippen LogP contribution in [0.4, 0.5) is 10.2 Å². The quantitative estimate of drug-likeness (QED) is 0.894. The second-order valence-corrected chi connectivity index (χ2v) is 4.59. The van der Waals surface area contributed by atoms with Gasteiger partial charge in [0.25, 0.3) is 0 Å². The van der Waals surface area contributed by atoms with E-state index in [0.29, 0.717) is 5.56 Å². The highest BCUT2D eigenvalue weighted by Gasteiger charge is 2.17. The van der Waals surface area contributed by atoms with Crippen molar-refractivity contribution < 1.29 is 4.39 Å². The van der Waals surface area contributed by atoms with Gasteiger partial charge in [-0.2, -0.15) is 0 Å². The summed E-state index contributed by atoms with van der Waals surface area (Å²) in [6.45, 7) is 3.68. The van der Waals surface area contributed by atoms with Gasteiger partial charge in [0.2, 0.25) is 0 Å². The Morgan fingerprint density at radius 2 is 1.74 bits per heavy atom. The summed E-state index contributed by atoms with van der Waals surface area (Å²) >= 11 is 0. The summed E-state index contributed by atoms with van der Waals surface area (Å²) in [7, 11) is 0. The summed E-state index contributed by atoms with van der Waals surface area (Å²) in [5.74, 6) is 0.668. The van der Waals surface area contributed by atoms with E-state index in [4.69, 9.17) is 0 Å². The Morgan fingerprint density at radius 3 is 2.53 bits per heavy atom. The third-order valence-corrected chi connectivity index (χ3v) is 3.37. The molecule has 1 aromatic carbocycles. The predicted molar refractivity (Wildman–Crippen MR) is 74.7 cm³/mol. The van der Waals surface area contributed by atoms with Crippen molar-refractivity contribution in [3.63, 3.8) is 0 Å². The van der Waals surface area contributed by atoms with Crippen molar-refractivity contribution in [1.82, 2.24) is 10.3 Å². The maximum atomic E-state index is 14.0. The molecular weight excluding hydrogens is 241 g/mol. The van der Waals surface area contributed by atoms with Gasteiger partial charge in [0, 0.05) is 43.5 Å². The molecule has 0 aliphatic carbocycles. The Hall–Kier alpha value is -1.94. The smallest absolute Gasteiger partial charge is 0.136 e. The lowest BCUT2D eigenvalue weighted by molar-refractivity contribution is 0.585. The van der Waals surface area contributed by atoms with Crippen molar-refractivity contribution in [3.05, 3.63) is 48.4 Å². The van der Waals surface area contributed by atoms with Crippen LogP contribution in [0.25, 0.3) is 11.1 Å². The van der Waals surface area contributed by atoms with E-state index in [1.165, 1.54) is 6.07 Å². The van der Waals surface area contributed by atoms with Crippen LogP contribution in [0.5, 0.6) is 0 Å². The van der Waals surface area contributed by atoms with Crippen LogP contribution in [0, 0.1) is 5.82 Å². The molecule has 0 spiro atoms. The number of hydrogen-bond donors (Lipinski definition) is 1. The second kappa shape index (κ2) is 5.36. The molecule has 3 rings (SSSR count). The summed E-state index contributed by atoms with van der Waals surface area (Å²) in [5.41, 5.74) is 1.48. The average molecular weight is 257 g/mol. The highest BCUT2D eigenvalue weighted by Crippen LogP contribution is 2.30. The highest BCUT2D eigenvalue weighted by atomic mass is 19.1. The maximum Gasteiger partial charge on any atom is 0.136 e. The standard InChI is InChI=1S/C15H16FN3/c16-14-6-2-1-4-12(14)13-5-3-7-18-15(13)19-10-8-17-9-11-19/h1-7,17H,8-11H2. The molecule has 3 nitrogen and oxygen atoms in total. The van der Waals surface area contributed by atoms with Crippen LogP contribution in [-0.4, -0.2) is 31.2 Å². The minimum absolute atomic E-state index is 0.202. The number of benzene rings is 1. The predicted octanol–water partition coefficient (Wildman–Crippen LogP) is 2.30. The van der Waals surface area contributed by atoms with Crippen LogP contribution >= 0.6 is 0 Å². The molecule has 98 valence electrons. The first-order chi connectivity index (χ1) is 9.36. The topological polar surface area (TPSA) is 28.2 Å². The van der Waals surface area contributed by atoms with Crippen molar-refractivity contribution in [1.29, 1.82) is 0 Å². The minimum atomic E-state index is -0.202. The number of halogens is 1. The Labute approximate surface area is 112 Å². The molecule has 0 atom stereocenters. The lowest BCUT2D eigenvalue weighted by Crippen LogP contribution is -2.44. The number of pyridine rings is 1. The molecule has 4 heteroatoms. The van der Waals surface area contributed by atoms with E-state index in [0.717, 1.165) is 37.6 Å². The largest absolute Gasteiger partial charge is 0.354 e. The summed E-state index contributed by atoms with van der Waals surface area (Å²) < 4.78 is 14.0. The van der Waals surface area contributed by atoms with E-state index in [1.807, 2.05) is 18.2 Å². The van der Waals surface area contributed by atoms with Crippen molar-refractivity contribution in [3.8, 4) is 11.1 Å². The normalized spacial score (nSPS) is 15.5. The first-order valence-corrected chi connectivity index (χ1v) is 6.52. The van der Waals surface area contributed by atoms with Gasteiger partial charge >= 0.3 is 0 Å². The van der Waals surface area contributed by atoms with Gasteiger partial charge in [-0.1, -0.05) is 18.2 Å². The Morgan fingerprint density at radius 1 is 1.00 bits per heavy atom. The summed E-state index contributed by atoms with van der Waals surface area (Å²) in [5, 5.41) is 3.31. The highest BCUT2D eigenvalue weighted by molar-refractivity contribution is 5.76. The minimum Gasteiger partial charge on any atom is -0.354 e. The van der Waals surface area contributed by atoms with Crippen LogP contribution < -0.4 is 10.2 Å². The summed E-state index contributed by atoms with van der Waals surface area (Å²) in [6, 6.07) is 10.6. The van der Waals surface area contributed by atoms with Gasteiger partial charge in [-0.3, -0.25) is 0 Å². The van der Waals surface area contributed by atoms with E-state index in [9.17, 15) is 4.39 Å². The molecular formula is C15H16FN3. The molecule has 0 amide bonds. The van der Waals surface area contributed by atoms with Crippen molar-refractivity contribution in [2.24, 2.45) is 0 Å². The third kappa shape index (κ3) is 2.44. The molecule has 0 saturated carbocycles. The average Bonchev–Trinajstić information content (AvgIpc) is 2.49. The van der Waals surface area contributed by atoms with Crippen molar-refractivity contribution in [2.75, 3.05) is 31.1 Å². The number of nitrogens with zero attached hydrogens (tertiary/aromatic N) is 2. The molecule has 2 aromatic rings. The third-order valence-electron chi connectivity index (χ3n) is 3.37. The first-order valence-electron chi connectivity index (χ1n) is 6.52. The van der Waals surface area contributed by atoms with Gasteiger partial charge in [0.1, 0.15) is 11.6 Å². The number of aromatic nitrogens is 1. The molecule has 19 heavy (non-hydrogen) atoms. The van der Waals surface area contributed by atoms with Crippen LogP contribution in [0.15, 0.2) is 42.6 Å². The fraction of sp³-hybridized carbons (Fsp3) is 0.267. The van der Waals surface area contributed by atoms with Crippen LogP contribution in [-0.2, 0) is 0 Å². The lowest BCUT2D eigenvalue weighted by atomic mass is 10.1. The maximum absolute atomic E-state index is 14.0. The Kier molecular flexibility index (Phi) is 3.42. The fourth-order valence-electron chi connectivity index (χ4n) is 2.42. The summed E-state index contributed by atoms with van der Waals surface area (Å²) in [4.78, 5) is 6.66. The van der Waals surface area contributed by atoms with Crippen LogP contribution in [0.2, 0.25) is 0 Å². The first kappa shape index (κ1) is 12.1. The van der Waals surface area contributed by atoms with Gasteiger partial charge < -0.3 is 10.2 Å². The molecule has 1 aliphatic heterocycles. The zero-order valence-corrected chi connectivity index (χ0v) is 10.6. The molecule has 1 aliphatic rings. The number of nitrogens with one attached hydrogen (secondary N) is 1. The van der Waals surface area contributed by atoms with Gasteiger partial charge in [-0.15, -0.1) is 0 Å². The van der Waals surface area contributed by atoms with E-state index in [1.54, 1.807) is 18.3 Å². The number of rotatable bonds is 2. The van der Waals surface area contributed by atoms with Gasteiger partial charge in [0.15, 0.2) is 0 Å². The zero-order valence-electron chi connectivity index (χ0n) is 10.6. The number of anilines is 1. The second-order valence-electron chi connectivity index (χ2n) is 4.59. The molecule has 0 radical (unpaired) electrons. The van der Waals surface area contributed by atoms with E-state index < -0.39 is 0 Å².